The van der Waals surface area contributed by atoms with Crippen molar-refractivity contribution in [2.45, 2.75) is 13.5 Å². The first kappa shape index (κ1) is 18.5. The molecule has 1 aromatic heterocycles. The summed E-state index contributed by atoms with van der Waals surface area (Å²) >= 11 is 0. The average molecular weight is 361 g/mol. The molecule has 0 aliphatic rings. The number of aromatic nitrogens is 1. The summed E-state index contributed by atoms with van der Waals surface area (Å²) in [5.41, 5.74) is 2.47. The number of ether oxygens (including phenoxy) is 1. The lowest BCUT2D eigenvalue weighted by Crippen LogP contribution is -2.19. The number of carbonyl (C=O) groups is 1. The first-order valence-electron chi connectivity index (χ1n) is 8.91. The Hall–Kier alpha value is -3.34. The molecule has 2 aromatic carbocycles. The third-order valence-electron chi connectivity index (χ3n) is 4.08. The molecule has 3 aromatic rings. The number of nitrogens with one attached hydrogen (secondary N) is 1. The molecule has 0 bridgehead atoms. The number of pyridine rings is 1. The Labute approximate surface area is 159 Å². The third-order valence-corrected chi connectivity index (χ3v) is 4.08. The third kappa shape index (κ3) is 5.07. The molecule has 1 amide bonds. The van der Waals surface area contributed by atoms with Gasteiger partial charge in [0.25, 0.3) is 5.91 Å². The van der Waals surface area contributed by atoms with E-state index >= 15 is 0 Å². The van der Waals surface area contributed by atoms with Gasteiger partial charge < -0.3 is 15.0 Å². The zero-order valence-corrected chi connectivity index (χ0v) is 15.6. The van der Waals surface area contributed by atoms with Gasteiger partial charge in [-0.2, -0.15) is 0 Å². The summed E-state index contributed by atoms with van der Waals surface area (Å²) in [6.07, 6.45) is 1.66. The second-order valence-electron chi connectivity index (χ2n) is 6.16. The molecule has 1 N–H and O–H groups in total. The number of rotatable bonds is 7. The smallest absolute Gasteiger partial charge is 0.255 e. The Morgan fingerprint density at radius 2 is 1.81 bits per heavy atom. The lowest BCUT2D eigenvalue weighted by molar-refractivity contribution is 0.102. The van der Waals surface area contributed by atoms with E-state index < -0.39 is 0 Å². The van der Waals surface area contributed by atoms with Crippen molar-refractivity contribution >= 4 is 17.4 Å². The van der Waals surface area contributed by atoms with Crippen LogP contribution in [0.5, 0.6) is 5.75 Å². The highest BCUT2D eigenvalue weighted by Gasteiger charge is 2.10. The van der Waals surface area contributed by atoms with E-state index in [4.69, 9.17) is 4.74 Å². The van der Waals surface area contributed by atoms with E-state index in [2.05, 4.69) is 22.4 Å². The standard InChI is InChI=1S/C22H23N3O2/c1-3-27-20-11-9-19(10-12-20)24-22(26)18-13-14-23-21(15-18)25(2)16-17-7-5-4-6-8-17/h4-15H,3,16H2,1-2H3,(H,24,26). The Kier molecular flexibility index (Phi) is 6.05. The molecular formula is C22H23N3O2. The van der Waals surface area contributed by atoms with Crippen LogP contribution in [0.25, 0.3) is 0 Å². The first-order valence-corrected chi connectivity index (χ1v) is 8.91. The van der Waals surface area contributed by atoms with Crippen LogP contribution >= 0.6 is 0 Å². The maximum Gasteiger partial charge on any atom is 0.255 e. The topological polar surface area (TPSA) is 54.5 Å². The van der Waals surface area contributed by atoms with E-state index in [9.17, 15) is 4.79 Å². The molecule has 0 aliphatic heterocycles. The van der Waals surface area contributed by atoms with E-state index in [1.807, 2.05) is 61.3 Å². The highest BCUT2D eigenvalue weighted by molar-refractivity contribution is 6.04. The molecule has 0 unspecified atom stereocenters. The van der Waals surface area contributed by atoms with E-state index in [0.29, 0.717) is 12.2 Å². The zero-order valence-electron chi connectivity index (χ0n) is 15.6. The van der Waals surface area contributed by atoms with Crippen LogP contribution in [0.2, 0.25) is 0 Å². The predicted molar refractivity (Wildman–Crippen MR) is 108 cm³/mol. The maximum absolute atomic E-state index is 12.6. The van der Waals surface area contributed by atoms with Gasteiger partial charge in [0, 0.05) is 31.0 Å². The van der Waals surface area contributed by atoms with Gasteiger partial charge in [-0.1, -0.05) is 30.3 Å². The summed E-state index contributed by atoms with van der Waals surface area (Å²) in [5, 5.41) is 2.90. The predicted octanol–water partition coefficient (Wildman–Crippen LogP) is 4.37. The van der Waals surface area contributed by atoms with Gasteiger partial charge in [-0.15, -0.1) is 0 Å². The Balaban J connectivity index is 1.67. The van der Waals surface area contributed by atoms with Crippen molar-refractivity contribution in [2.24, 2.45) is 0 Å². The number of anilines is 2. The molecular weight excluding hydrogens is 338 g/mol. The molecule has 0 radical (unpaired) electrons. The number of carbonyl (C=O) groups excluding carboxylic acids is 1. The van der Waals surface area contributed by atoms with Crippen LogP contribution in [0, 0.1) is 0 Å². The fraction of sp³-hybridized carbons (Fsp3) is 0.182. The minimum atomic E-state index is -0.170. The monoisotopic (exact) mass is 361 g/mol. The minimum absolute atomic E-state index is 0.170. The quantitative estimate of drug-likeness (QED) is 0.679. The van der Waals surface area contributed by atoms with E-state index in [-0.39, 0.29) is 5.91 Å². The van der Waals surface area contributed by atoms with Crippen LogP contribution in [0.15, 0.2) is 72.9 Å². The van der Waals surface area contributed by atoms with Crippen LogP contribution < -0.4 is 15.0 Å². The number of hydrogen-bond acceptors (Lipinski definition) is 4. The Morgan fingerprint density at radius 1 is 1.07 bits per heavy atom. The first-order chi connectivity index (χ1) is 13.2. The van der Waals surface area contributed by atoms with Gasteiger partial charge in [-0.05, 0) is 48.9 Å². The fourth-order valence-corrected chi connectivity index (χ4v) is 2.71. The molecule has 138 valence electrons. The number of amides is 1. The average Bonchev–Trinajstić information content (AvgIpc) is 2.70. The Bertz CT molecular complexity index is 880. The van der Waals surface area contributed by atoms with Gasteiger partial charge in [0.05, 0.1) is 6.61 Å². The Morgan fingerprint density at radius 3 is 2.52 bits per heavy atom. The number of hydrogen-bond donors (Lipinski definition) is 1. The van der Waals surface area contributed by atoms with Crippen LogP contribution in [-0.2, 0) is 6.54 Å². The van der Waals surface area contributed by atoms with Crippen molar-refractivity contribution in [3.63, 3.8) is 0 Å². The van der Waals surface area contributed by atoms with Gasteiger partial charge in [-0.3, -0.25) is 4.79 Å². The molecule has 27 heavy (non-hydrogen) atoms. The van der Waals surface area contributed by atoms with Crippen LogP contribution in [-0.4, -0.2) is 24.5 Å². The molecule has 1 heterocycles. The van der Waals surface area contributed by atoms with E-state index in [0.717, 1.165) is 23.8 Å². The molecule has 3 rings (SSSR count). The second-order valence-corrected chi connectivity index (χ2v) is 6.16. The summed E-state index contributed by atoms with van der Waals surface area (Å²) in [6.45, 7) is 3.27. The van der Waals surface area contributed by atoms with Crippen LogP contribution in [0.3, 0.4) is 0 Å². The maximum atomic E-state index is 12.6. The summed E-state index contributed by atoms with van der Waals surface area (Å²) in [4.78, 5) is 19.0. The zero-order chi connectivity index (χ0) is 19.1. The molecule has 0 spiro atoms. The molecule has 5 nitrogen and oxygen atoms in total. The summed E-state index contributed by atoms with van der Waals surface area (Å²) < 4.78 is 5.41. The minimum Gasteiger partial charge on any atom is -0.494 e. The largest absolute Gasteiger partial charge is 0.494 e. The fourth-order valence-electron chi connectivity index (χ4n) is 2.71. The SMILES string of the molecule is CCOc1ccc(NC(=O)c2ccnc(N(C)Cc3ccccc3)c2)cc1. The van der Waals surface area contributed by atoms with Crippen molar-refractivity contribution in [2.75, 3.05) is 23.9 Å². The van der Waals surface area contributed by atoms with Gasteiger partial charge in [0.15, 0.2) is 0 Å². The van der Waals surface area contributed by atoms with Gasteiger partial charge >= 0.3 is 0 Å². The molecule has 0 fully saturated rings. The number of nitrogens with zero attached hydrogens (tertiary/aromatic N) is 2. The summed E-state index contributed by atoms with van der Waals surface area (Å²) in [5.74, 6) is 1.36. The highest BCUT2D eigenvalue weighted by Crippen LogP contribution is 2.18. The molecule has 0 saturated carbocycles. The van der Waals surface area contributed by atoms with Crippen molar-refractivity contribution in [1.29, 1.82) is 0 Å². The van der Waals surface area contributed by atoms with Crippen molar-refractivity contribution < 1.29 is 9.53 Å². The second kappa shape index (κ2) is 8.85. The van der Waals surface area contributed by atoms with Gasteiger partial charge in [0.1, 0.15) is 11.6 Å². The van der Waals surface area contributed by atoms with E-state index in [1.165, 1.54) is 5.56 Å². The normalized spacial score (nSPS) is 10.3. The number of benzene rings is 2. The lowest BCUT2D eigenvalue weighted by atomic mass is 10.2. The van der Waals surface area contributed by atoms with Crippen molar-refractivity contribution in [1.82, 2.24) is 4.98 Å². The highest BCUT2D eigenvalue weighted by atomic mass is 16.5. The summed E-state index contributed by atoms with van der Waals surface area (Å²) in [7, 11) is 1.96. The molecule has 5 heteroatoms. The van der Waals surface area contributed by atoms with Crippen molar-refractivity contribution in [3.05, 3.63) is 84.1 Å². The molecule has 0 atom stereocenters. The lowest BCUT2D eigenvalue weighted by Gasteiger charge is -2.18. The van der Waals surface area contributed by atoms with Gasteiger partial charge in [0.2, 0.25) is 0 Å². The van der Waals surface area contributed by atoms with Gasteiger partial charge in [-0.25, -0.2) is 4.98 Å². The summed E-state index contributed by atoms with van der Waals surface area (Å²) in [6, 6.07) is 21.0. The van der Waals surface area contributed by atoms with Crippen LogP contribution in [0.4, 0.5) is 11.5 Å². The molecule has 0 saturated heterocycles. The van der Waals surface area contributed by atoms with Crippen LogP contribution in [0.1, 0.15) is 22.8 Å². The van der Waals surface area contributed by atoms with Crippen molar-refractivity contribution in [3.8, 4) is 5.75 Å². The molecule has 0 aliphatic carbocycles. The van der Waals surface area contributed by atoms with E-state index in [1.54, 1.807) is 18.3 Å².